The van der Waals surface area contributed by atoms with Crippen molar-refractivity contribution in [1.82, 2.24) is 10.2 Å². The van der Waals surface area contributed by atoms with Gasteiger partial charge in [0.1, 0.15) is 5.54 Å². The second kappa shape index (κ2) is 9.41. The Morgan fingerprint density at radius 1 is 1.14 bits per heavy atom. The molecule has 1 heterocycles. The summed E-state index contributed by atoms with van der Waals surface area (Å²) in [6, 6.07) is 12.6. The smallest absolute Gasteiger partial charge is 0.223 e. The van der Waals surface area contributed by atoms with Crippen LogP contribution in [0.2, 0.25) is 0 Å². The Balaban J connectivity index is 1.50. The fourth-order valence-electron chi connectivity index (χ4n) is 4.76. The largest absolute Gasteiger partial charge is 0.369 e. The molecule has 2 fully saturated rings. The highest BCUT2D eigenvalue weighted by atomic mass is 16.2. The van der Waals surface area contributed by atoms with Crippen molar-refractivity contribution in [1.29, 1.82) is 5.26 Å². The van der Waals surface area contributed by atoms with Gasteiger partial charge in [-0.25, -0.2) is 0 Å². The number of amides is 2. The molecule has 6 nitrogen and oxygen atoms in total. The molecule has 1 saturated carbocycles. The fourth-order valence-corrected chi connectivity index (χ4v) is 4.76. The third-order valence-electron chi connectivity index (χ3n) is 6.66. The van der Waals surface area contributed by atoms with Crippen LogP contribution in [0.4, 0.5) is 0 Å². The molecule has 1 aromatic carbocycles. The molecule has 1 unspecified atom stereocenters. The minimum Gasteiger partial charge on any atom is -0.369 e. The van der Waals surface area contributed by atoms with Crippen LogP contribution >= 0.6 is 0 Å². The van der Waals surface area contributed by atoms with Crippen molar-refractivity contribution in [3.63, 3.8) is 0 Å². The molecule has 3 N–H and O–H groups in total. The average Bonchev–Trinajstić information content (AvgIpc) is 3.15. The lowest BCUT2D eigenvalue weighted by molar-refractivity contribution is -0.131. The Labute approximate surface area is 173 Å². The zero-order valence-corrected chi connectivity index (χ0v) is 17.2. The first-order valence-electron chi connectivity index (χ1n) is 10.8. The lowest BCUT2D eigenvalue weighted by Crippen LogP contribution is -2.50. The van der Waals surface area contributed by atoms with Gasteiger partial charge in [-0.05, 0) is 37.7 Å². The van der Waals surface area contributed by atoms with Crippen molar-refractivity contribution in [2.24, 2.45) is 11.1 Å². The number of nitrogens with two attached hydrogens (primary N) is 1. The number of nitrogens with one attached hydrogen (secondary N) is 1. The van der Waals surface area contributed by atoms with Gasteiger partial charge in [-0.2, -0.15) is 5.26 Å². The van der Waals surface area contributed by atoms with Gasteiger partial charge in [-0.3, -0.25) is 14.5 Å². The summed E-state index contributed by atoms with van der Waals surface area (Å²) in [5.41, 5.74) is 5.57. The molecular formula is C23H32N4O2. The maximum Gasteiger partial charge on any atom is 0.223 e. The molecule has 2 aliphatic rings. The van der Waals surface area contributed by atoms with Crippen molar-refractivity contribution in [2.75, 3.05) is 19.6 Å². The highest BCUT2D eigenvalue weighted by molar-refractivity contribution is 5.83. The highest BCUT2D eigenvalue weighted by Gasteiger charge is 2.41. The molecule has 1 aromatic rings. The van der Waals surface area contributed by atoms with E-state index in [2.05, 4.69) is 28.4 Å². The van der Waals surface area contributed by atoms with Crippen LogP contribution in [-0.2, 0) is 16.0 Å². The summed E-state index contributed by atoms with van der Waals surface area (Å²) in [5, 5.41) is 12.7. The Hall–Kier alpha value is -2.39. The van der Waals surface area contributed by atoms with E-state index in [1.807, 2.05) is 18.2 Å². The predicted octanol–water partition coefficient (Wildman–Crippen LogP) is 2.53. The van der Waals surface area contributed by atoms with Crippen molar-refractivity contribution in [3.8, 4) is 6.07 Å². The quantitative estimate of drug-likeness (QED) is 0.705. The van der Waals surface area contributed by atoms with E-state index in [1.165, 1.54) is 5.56 Å². The van der Waals surface area contributed by atoms with Crippen molar-refractivity contribution in [2.45, 2.75) is 63.3 Å². The molecule has 6 heteroatoms. The number of primary amides is 1. The lowest BCUT2D eigenvalue weighted by Gasteiger charge is -2.34. The molecule has 156 valence electrons. The van der Waals surface area contributed by atoms with Crippen LogP contribution < -0.4 is 11.1 Å². The minimum atomic E-state index is -0.833. The molecule has 1 aliphatic carbocycles. The maximum absolute atomic E-state index is 12.6. The third kappa shape index (κ3) is 5.36. The number of hydrogen-bond donors (Lipinski definition) is 2. The number of hydrogen-bond acceptors (Lipinski definition) is 4. The van der Waals surface area contributed by atoms with Gasteiger partial charge in [0, 0.05) is 31.5 Å². The summed E-state index contributed by atoms with van der Waals surface area (Å²) in [4.78, 5) is 26.9. The van der Waals surface area contributed by atoms with E-state index >= 15 is 0 Å². The summed E-state index contributed by atoms with van der Waals surface area (Å²) in [7, 11) is 0. The number of carbonyl (C=O) groups excluding carboxylic acids is 2. The molecule has 1 atom stereocenters. The topological polar surface area (TPSA) is 99.2 Å². The number of nitrogens with zero attached hydrogens (tertiary/aromatic N) is 2. The normalized spacial score (nSPS) is 24.0. The summed E-state index contributed by atoms with van der Waals surface area (Å²) in [6.07, 6.45) is 6.93. The molecule has 1 saturated heterocycles. The fraction of sp³-hybridized carbons (Fsp3) is 0.609. The zero-order chi connectivity index (χ0) is 20.7. The van der Waals surface area contributed by atoms with E-state index in [1.54, 1.807) is 0 Å². The molecule has 0 aromatic heterocycles. The highest BCUT2D eigenvalue weighted by Crippen LogP contribution is 2.40. The summed E-state index contributed by atoms with van der Waals surface area (Å²) in [5.74, 6) is -0.435. The Kier molecular flexibility index (Phi) is 6.92. The summed E-state index contributed by atoms with van der Waals surface area (Å²) < 4.78 is 0. The van der Waals surface area contributed by atoms with Gasteiger partial charge < -0.3 is 11.1 Å². The number of likely N-dealkylation sites (tertiary alicyclic amines) is 1. The SMILES string of the molecule is N#CC1(NC(=O)CCC2(C(N)=O)CCCCC2)CCN(CCc2ccccc2)C1. The molecule has 0 bridgehead atoms. The van der Waals surface area contributed by atoms with E-state index in [-0.39, 0.29) is 18.2 Å². The van der Waals surface area contributed by atoms with Gasteiger partial charge in [0.2, 0.25) is 11.8 Å². The summed E-state index contributed by atoms with van der Waals surface area (Å²) in [6.45, 7) is 2.21. The minimum absolute atomic E-state index is 0.150. The molecule has 1 aliphatic heterocycles. The average molecular weight is 397 g/mol. The van der Waals surface area contributed by atoms with Crippen LogP contribution in [0.3, 0.4) is 0 Å². The lowest BCUT2D eigenvalue weighted by atomic mass is 9.70. The van der Waals surface area contributed by atoms with Crippen LogP contribution in [0, 0.1) is 16.7 Å². The van der Waals surface area contributed by atoms with Crippen LogP contribution in [0.15, 0.2) is 30.3 Å². The van der Waals surface area contributed by atoms with E-state index in [0.717, 1.165) is 51.6 Å². The summed E-state index contributed by atoms with van der Waals surface area (Å²) >= 11 is 0. The Bertz CT molecular complexity index is 752. The maximum atomic E-state index is 12.6. The Morgan fingerprint density at radius 3 is 2.52 bits per heavy atom. The van der Waals surface area contributed by atoms with Gasteiger partial charge in [-0.15, -0.1) is 0 Å². The second-order valence-corrected chi connectivity index (χ2v) is 8.71. The predicted molar refractivity (Wildman–Crippen MR) is 112 cm³/mol. The molecule has 0 spiro atoms. The molecule has 3 rings (SSSR count). The number of carbonyl (C=O) groups is 2. The van der Waals surface area contributed by atoms with Gasteiger partial charge in [0.05, 0.1) is 6.07 Å². The third-order valence-corrected chi connectivity index (χ3v) is 6.66. The van der Waals surface area contributed by atoms with Crippen LogP contribution in [-0.4, -0.2) is 41.9 Å². The van der Waals surface area contributed by atoms with E-state index in [4.69, 9.17) is 5.73 Å². The first-order chi connectivity index (χ1) is 14.0. The first-order valence-corrected chi connectivity index (χ1v) is 10.8. The molecule has 29 heavy (non-hydrogen) atoms. The monoisotopic (exact) mass is 396 g/mol. The molecule has 2 amide bonds. The van der Waals surface area contributed by atoms with Crippen LogP contribution in [0.1, 0.15) is 56.9 Å². The van der Waals surface area contributed by atoms with Gasteiger partial charge in [0.15, 0.2) is 0 Å². The van der Waals surface area contributed by atoms with E-state index in [9.17, 15) is 14.9 Å². The first kappa shape index (κ1) is 21.3. The van der Waals surface area contributed by atoms with Crippen molar-refractivity contribution in [3.05, 3.63) is 35.9 Å². The van der Waals surface area contributed by atoms with Gasteiger partial charge in [0.25, 0.3) is 0 Å². The van der Waals surface area contributed by atoms with Crippen molar-refractivity contribution < 1.29 is 9.59 Å². The van der Waals surface area contributed by atoms with Gasteiger partial charge >= 0.3 is 0 Å². The van der Waals surface area contributed by atoms with Crippen molar-refractivity contribution >= 4 is 11.8 Å². The Morgan fingerprint density at radius 2 is 1.86 bits per heavy atom. The van der Waals surface area contributed by atoms with Gasteiger partial charge in [-0.1, -0.05) is 49.6 Å². The standard InChI is InChI=1S/C23H32N4O2/c24-17-23(14-16-27(18-23)15-10-19-7-3-1-4-8-19)26-20(28)9-13-22(21(25)29)11-5-2-6-12-22/h1,3-4,7-8H,2,5-6,9-16,18H2,(H2,25,29)(H,26,28). The van der Waals surface area contributed by atoms with E-state index in [0.29, 0.717) is 19.4 Å². The van der Waals surface area contributed by atoms with Crippen LogP contribution in [0.25, 0.3) is 0 Å². The molecule has 0 radical (unpaired) electrons. The number of benzene rings is 1. The molecular weight excluding hydrogens is 364 g/mol. The number of nitriles is 1. The second-order valence-electron chi connectivity index (χ2n) is 8.71. The number of rotatable bonds is 8. The zero-order valence-electron chi connectivity index (χ0n) is 17.2. The van der Waals surface area contributed by atoms with E-state index < -0.39 is 11.0 Å². The van der Waals surface area contributed by atoms with Crippen LogP contribution in [0.5, 0.6) is 0 Å².